The number of halogens is 1. The van der Waals surface area contributed by atoms with Gasteiger partial charge in [0.15, 0.2) is 5.78 Å². The predicted molar refractivity (Wildman–Crippen MR) is 91.8 cm³/mol. The molecule has 2 aromatic rings. The number of rotatable bonds is 2. The highest BCUT2D eigenvalue weighted by molar-refractivity contribution is 9.10. The molecule has 0 saturated heterocycles. The third-order valence-corrected chi connectivity index (χ3v) is 6.53. The second-order valence-corrected chi connectivity index (χ2v) is 8.51. The Balaban J connectivity index is 2.05. The molecule has 1 heterocycles. The molecule has 0 N–H and O–H groups in total. The smallest absolute Gasteiger partial charge is 0.244 e. The molecule has 0 fully saturated rings. The monoisotopic (exact) mass is 393 g/mol. The quantitative estimate of drug-likeness (QED) is 0.783. The Bertz CT molecular complexity index is 875. The van der Waals surface area contributed by atoms with Crippen molar-refractivity contribution in [3.8, 4) is 0 Å². The summed E-state index contributed by atoms with van der Waals surface area (Å²) in [6.45, 7) is 3.74. The summed E-state index contributed by atoms with van der Waals surface area (Å²) >= 11 is 3.35. The Morgan fingerprint density at radius 2 is 1.78 bits per heavy atom. The Kier molecular flexibility index (Phi) is 4.16. The van der Waals surface area contributed by atoms with Gasteiger partial charge in [-0.1, -0.05) is 39.7 Å². The van der Waals surface area contributed by atoms with E-state index in [1.165, 1.54) is 4.31 Å². The highest BCUT2D eigenvalue weighted by Gasteiger charge is 2.38. The van der Waals surface area contributed by atoms with Crippen molar-refractivity contribution in [1.82, 2.24) is 4.31 Å². The van der Waals surface area contributed by atoms with Crippen LogP contribution in [0.25, 0.3) is 0 Å². The summed E-state index contributed by atoms with van der Waals surface area (Å²) in [7, 11) is -3.71. The van der Waals surface area contributed by atoms with Crippen molar-refractivity contribution in [2.45, 2.75) is 31.3 Å². The van der Waals surface area contributed by atoms with Gasteiger partial charge in [0.1, 0.15) is 0 Å². The zero-order chi connectivity index (χ0) is 16.8. The minimum Gasteiger partial charge on any atom is -0.292 e. The van der Waals surface area contributed by atoms with Crippen LogP contribution in [0.2, 0.25) is 0 Å². The summed E-state index contributed by atoms with van der Waals surface area (Å²) in [5.41, 5.74) is 2.30. The van der Waals surface area contributed by atoms with Gasteiger partial charge in [0.05, 0.1) is 10.9 Å². The third kappa shape index (κ3) is 2.86. The molecular weight excluding hydrogens is 378 g/mol. The van der Waals surface area contributed by atoms with E-state index in [-0.39, 0.29) is 17.2 Å². The second-order valence-electron chi connectivity index (χ2n) is 5.71. The van der Waals surface area contributed by atoms with Gasteiger partial charge in [0, 0.05) is 16.6 Å². The summed E-state index contributed by atoms with van der Waals surface area (Å²) in [5, 5.41) is 0. The van der Waals surface area contributed by atoms with Gasteiger partial charge in [-0.05, 0) is 43.7 Å². The van der Waals surface area contributed by atoms with E-state index < -0.39 is 16.1 Å². The number of hydrogen-bond donors (Lipinski definition) is 0. The Morgan fingerprint density at radius 3 is 2.43 bits per heavy atom. The van der Waals surface area contributed by atoms with Crippen molar-refractivity contribution < 1.29 is 13.2 Å². The molecule has 4 nitrogen and oxygen atoms in total. The van der Waals surface area contributed by atoms with Crippen molar-refractivity contribution in [3.63, 3.8) is 0 Å². The van der Waals surface area contributed by atoms with Crippen LogP contribution in [0.5, 0.6) is 0 Å². The molecular formula is C17H16BrNO3S. The Morgan fingerprint density at radius 1 is 1.13 bits per heavy atom. The maximum atomic E-state index is 12.9. The fraction of sp³-hybridized carbons (Fsp3) is 0.235. The number of ketones is 1. The van der Waals surface area contributed by atoms with E-state index in [0.29, 0.717) is 5.56 Å². The summed E-state index contributed by atoms with van der Waals surface area (Å²) in [4.78, 5) is 12.8. The molecule has 0 radical (unpaired) electrons. The van der Waals surface area contributed by atoms with E-state index in [9.17, 15) is 13.2 Å². The molecule has 0 spiro atoms. The Hall–Kier alpha value is -1.50. The molecule has 0 aliphatic carbocycles. The molecule has 1 atom stereocenters. The zero-order valence-corrected chi connectivity index (χ0v) is 15.2. The molecule has 120 valence electrons. The summed E-state index contributed by atoms with van der Waals surface area (Å²) in [6, 6.07) is 11.3. The van der Waals surface area contributed by atoms with E-state index in [2.05, 4.69) is 15.9 Å². The molecule has 0 bridgehead atoms. The van der Waals surface area contributed by atoms with E-state index in [1.54, 1.807) is 43.3 Å². The van der Waals surface area contributed by atoms with Gasteiger partial charge in [-0.3, -0.25) is 4.79 Å². The zero-order valence-electron chi connectivity index (χ0n) is 12.8. The maximum absolute atomic E-state index is 12.9. The highest BCUT2D eigenvalue weighted by atomic mass is 79.9. The van der Waals surface area contributed by atoms with Crippen LogP contribution < -0.4 is 0 Å². The van der Waals surface area contributed by atoms with Crippen LogP contribution >= 0.6 is 15.9 Å². The van der Waals surface area contributed by atoms with E-state index >= 15 is 0 Å². The van der Waals surface area contributed by atoms with Crippen molar-refractivity contribution in [2.75, 3.05) is 0 Å². The van der Waals surface area contributed by atoms with Gasteiger partial charge in [0.2, 0.25) is 10.0 Å². The number of aryl methyl sites for hydroxylation is 1. The standard InChI is InChI=1S/C17H16BrNO3S/c1-11-3-7-15(8-4-11)23(21,22)19-10-13-5-6-14(18)9-16(13)17(20)12(19)2/h3-9,12H,10H2,1-2H3. The lowest BCUT2D eigenvalue weighted by molar-refractivity contribution is 0.0883. The SMILES string of the molecule is Cc1ccc(S(=O)(=O)N2Cc3ccc(Br)cc3C(=O)C2C)cc1. The average Bonchev–Trinajstić information content (AvgIpc) is 2.51. The third-order valence-electron chi connectivity index (χ3n) is 4.10. The second kappa shape index (κ2) is 5.85. The van der Waals surface area contributed by atoms with Crippen LogP contribution in [0, 0.1) is 6.92 Å². The lowest BCUT2D eigenvalue weighted by Gasteiger charge is -2.32. The number of sulfonamides is 1. The summed E-state index contributed by atoms with van der Waals surface area (Å²) in [5.74, 6) is -0.178. The first-order valence-electron chi connectivity index (χ1n) is 7.22. The van der Waals surface area contributed by atoms with Crippen molar-refractivity contribution in [1.29, 1.82) is 0 Å². The summed E-state index contributed by atoms with van der Waals surface area (Å²) in [6.07, 6.45) is 0. The number of nitrogens with zero attached hydrogens (tertiary/aromatic N) is 1. The molecule has 23 heavy (non-hydrogen) atoms. The normalized spacial score (nSPS) is 18.7. The minimum atomic E-state index is -3.71. The molecule has 6 heteroatoms. The van der Waals surface area contributed by atoms with Crippen LogP contribution in [-0.2, 0) is 16.6 Å². The van der Waals surface area contributed by atoms with Gasteiger partial charge in [0.25, 0.3) is 0 Å². The van der Waals surface area contributed by atoms with E-state index in [1.807, 2.05) is 13.0 Å². The molecule has 1 unspecified atom stereocenters. The van der Waals surface area contributed by atoms with Crippen molar-refractivity contribution in [3.05, 3.63) is 63.6 Å². The topological polar surface area (TPSA) is 54.5 Å². The van der Waals surface area contributed by atoms with E-state index in [4.69, 9.17) is 0 Å². The van der Waals surface area contributed by atoms with Crippen molar-refractivity contribution in [2.24, 2.45) is 0 Å². The number of carbonyl (C=O) groups is 1. The number of benzene rings is 2. The number of fused-ring (bicyclic) bond motifs is 1. The fourth-order valence-electron chi connectivity index (χ4n) is 2.72. The Labute approximate surface area is 144 Å². The number of hydrogen-bond acceptors (Lipinski definition) is 3. The number of Topliss-reactive ketones (excluding diaryl/α,β-unsaturated/α-hetero) is 1. The largest absolute Gasteiger partial charge is 0.292 e. The van der Waals surface area contributed by atoms with Crippen LogP contribution in [0.1, 0.15) is 28.4 Å². The molecule has 0 saturated carbocycles. The maximum Gasteiger partial charge on any atom is 0.244 e. The summed E-state index contributed by atoms with van der Waals surface area (Å²) < 4.78 is 27.9. The molecule has 1 aliphatic rings. The first-order valence-corrected chi connectivity index (χ1v) is 9.45. The van der Waals surface area contributed by atoms with Gasteiger partial charge >= 0.3 is 0 Å². The first-order chi connectivity index (χ1) is 10.8. The molecule has 3 rings (SSSR count). The van der Waals surface area contributed by atoms with Crippen molar-refractivity contribution >= 4 is 31.7 Å². The highest BCUT2D eigenvalue weighted by Crippen LogP contribution is 2.30. The van der Waals surface area contributed by atoms with Crippen LogP contribution in [0.15, 0.2) is 51.8 Å². The minimum absolute atomic E-state index is 0.178. The molecule has 0 amide bonds. The van der Waals surface area contributed by atoms with Gasteiger partial charge in [-0.15, -0.1) is 0 Å². The molecule has 1 aliphatic heterocycles. The van der Waals surface area contributed by atoms with Gasteiger partial charge < -0.3 is 0 Å². The van der Waals surface area contributed by atoms with Gasteiger partial charge in [-0.2, -0.15) is 4.31 Å². The molecule has 2 aromatic carbocycles. The lowest BCUT2D eigenvalue weighted by atomic mass is 9.95. The van der Waals surface area contributed by atoms with Crippen LogP contribution in [-0.4, -0.2) is 24.5 Å². The van der Waals surface area contributed by atoms with Crippen LogP contribution in [0.4, 0.5) is 0 Å². The fourth-order valence-corrected chi connectivity index (χ4v) is 4.65. The lowest BCUT2D eigenvalue weighted by Crippen LogP contribution is -2.46. The van der Waals surface area contributed by atoms with Crippen LogP contribution in [0.3, 0.4) is 0 Å². The number of carbonyl (C=O) groups excluding carboxylic acids is 1. The van der Waals surface area contributed by atoms with E-state index in [0.717, 1.165) is 15.6 Å². The van der Waals surface area contributed by atoms with Gasteiger partial charge in [-0.25, -0.2) is 8.42 Å². The predicted octanol–water partition coefficient (Wildman–Crippen LogP) is 3.53. The molecule has 0 aromatic heterocycles. The first kappa shape index (κ1) is 16.4. The average molecular weight is 394 g/mol.